The minimum atomic E-state index is -0.879. The number of carboxylic acids is 1. The van der Waals surface area contributed by atoms with Crippen LogP contribution in [0.5, 0.6) is 0 Å². The molecule has 0 aliphatic carbocycles. The van der Waals surface area contributed by atoms with Crippen molar-refractivity contribution in [2.24, 2.45) is 0 Å². The molecule has 1 aromatic heterocycles. The van der Waals surface area contributed by atoms with Gasteiger partial charge < -0.3 is 5.11 Å². The Bertz CT molecular complexity index is 543. The molecule has 1 atom stereocenters. The number of rotatable bonds is 3. The van der Waals surface area contributed by atoms with Gasteiger partial charge in [-0.25, -0.2) is 4.79 Å². The molecule has 0 radical (unpaired) electrons. The summed E-state index contributed by atoms with van der Waals surface area (Å²) < 4.78 is 1.29. The van der Waals surface area contributed by atoms with Crippen LogP contribution in [-0.4, -0.2) is 52.8 Å². The van der Waals surface area contributed by atoms with E-state index in [2.05, 4.69) is 48.6 Å². The van der Waals surface area contributed by atoms with Gasteiger partial charge in [0.15, 0.2) is 0 Å². The van der Waals surface area contributed by atoms with E-state index in [4.69, 9.17) is 5.11 Å². The zero-order valence-corrected chi connectivity index (χ0v) is 13.0. The van der Waals surface area contributed by atoms with Crippen molar-refractivity contribution < 1.29 is 9.90 Å². The molecule has 2 aromatic rings. The van der Waals surface area contributed by atoms with Crippen molar-refractivity contribution >= 4 is 38.6 Å². The average Bonchev–Trinajstić information content (AvgIpc) is 2.86. The first kappa shape index (κ1) is 16.9. The first-order chi connectivity index (χ1) is 9.41. The van der Waals surface area contributed by atoms with Gasteiger partial charge in [0.2, 0.25) is 0 Å². The number of hydrogen-bond acceptors (Lipinski definition) is 4. The molecule has 20 heavy (non-hydrogen) atoms. The van der Waals surface area contributed by atoms with Gasteiger partial charge in [-0.2, -0.15) is 0 Å². The summed E-state index contributed by atoms with van der Waals surface area (Å²) in [6.07, 6.45) is 1.93. The van der Waals surface area contributed by atoms with Gasteiger partial charge in [0, 0.05) is 0 Å². The van der Waals surface area contributed by atoms with E-state index in [1.165, 1.54) is 8.56 Å². The van der Waals surface area contributed by atoms with E-state index in [0.717, 1.165) is 0 Å². The summed E-state index contributed by atoms with van der Waals surface area (Å²) in [7, 11) is 4.14. The summed E-state index contributed by atoms with van der Waals surface area (Å²) in [5, 5.41) is 9.59. The Morgan fingerprint density at radius 2 is 1.95 bits per heavy atom. The molecule has 2 rings (SSSR count). The Morgan fingerprint density at radius 1 is 1.35 bits per heavy atom. The molecule has 0 saturated heterocycles. The van der Waals surface area contributed by atoms with Crippen molar-refractivity contribution in [3.05, 3.63) is 47.1 Å². The Morgan fingerprint density at radius 3 is 2.30 bits per heavy atom. The molecule has 6 heteroatoms. The number of thiazole rings is 1. The number of carboxylic acid groups (broad SMARTS) is 1. The summed E-state index contributed by atoms with van der Waals surface area (Å²) in [4.78, 5) is 16.7. The fourth-order valence-electron chi connectivity index (χ4n) is 1.37. The summed E-state index contributed by atoms with van der Waals surface area (Å²) in [5.41, 5.74) is 0.331. The van der Waals surface area contributed by atoms with Gasteiger partial charge in [0.1, 0.15) is 0 Å². The maximum atomic E-state index is 10.2. The zero-order valence-electron chi connectivity index (χ0n) is 12.2. The van der Waals surface area contributed by atoms with Crippen molar-refractivity contribution in [2.45, 2.75) is 13.0 Å². The molecule has 4 nitrogen and oxygen atoms in total. The van der Waals surface area contributed by atoms with E-state index >= 15 is 0 Å². The quantitative estimate of drug-likeness (QED) is 0.875. The minimum absolute atomic E-state index is 0.331. The number of hydrogen-bond donors (Lipinski definition) is 1. The van der Waals surface area contributed by atoms with Crippen LogP contribution in [0.25, 0.3) is 0 Å². The van der Waals surface area contributed by atoms with Gasteiger partial charge in [0.25, 0.3) is 0 Å². The summed E-state index contributed by atoms with van der Waals surface area (Å²) in [6, 6.07) is 8.73. The fraction of sp³-hybridized carbons (Fsp3) is 0.286. The second-order valence-corrected chi connectivity index (χ2v) is 5.89. The van der Waals surface area contributed by atoms with Crippen molar-refractivity contribution in [3.8, 4) is 0 Å². The molecule has 0 fully saturated rings. The Balaban J connectivity index is 0.000000204. The fourth-order valence-corrected chi connectivity index (χ4v) is 2.29. The molecule has 1 unspecified atom stereocenters. The van der Waals surface area contributed by atoms with Crippen LogP contribution in [0.3, 0.4) is 0 Å². The van der Waals surface area contributed by atoms with Crippen molar-refractivity contribution in [3.63, 3.8) is 0 Å². The molecule has 0 amide bonds. The van der Waals surface area contributed by atoms with Crippen molar-refractivity contribution in [1.82, 2.24) is 9.88 Å². The molecule has 0 aliphatic rings. The first-order valence-corrected chi connectivity index (χ1v) is 7.10. The van der Waals surface area contributed by atoms with Crippen LogP contribution in [0, 0.1) is 0 Å². The van der Waals surface area contributed by atoms with Crippen molar-refractivity contribution in [2.75, 3.05) is 14.1 Å². The van der Waals surface area contributed by atoms with Crippen LogP contribution < -0.4 is 3.55 Å². The predicted octanol–water partition coefficient (Wildman–Crippen LogP) is 1.94. The van der Waals surface area contributed by atoms with E-state index in [-0.39, 0.29) is 0 Å². The molecular weight excluding hydrogens is 267 g/mol. The van der Waals surface area contributed by atoms with E-state index in [1.54, 1.807) is 41.7 Å². The van der Waals surface area contributed by atoms with Gasteiger partial charge in [-0.3, -0.25) is 0 Å². The number of carbonyl (C=O) groups is 1. The number of benzene rings is 1. The Hall–Kier alpha value is -1.12. The Kier molecular flexibility index (Phi) is 6.97. The Labute approximate surface area is 132 Å². The summed E-state index contributed by atoms with van der Waals surface area (Å²) in [6.45, 7) is 2.16. The van der Waals surface area contributed by atoms with Crippen LogP contribution in [0.4, 0.5) is 0 Å². The van der Waals surface area contributed by atoms with E-state index < -0.39 is 5.97 Å². The van der Waals surface area contributed by atoms with E-state index in [0.29, 0.717) is 11.6 Å². The van der Waals surface area contributed by atoms with Gasteiger partial charge in [-0.15, -0.1) is 0 Å². The monoisotopic (exact) mass is 284 g/mol. The van der Waals surface area contributed by atoms with Gasteiger partial charge >= 0.3 is 86.7 Å². The van der Waals surface area contributed by atoms with Crippen molar-refractivity contribution in [1.29, 1.82) is 0 Å². The van der Waals surface area contributed by atoms with E-state index in [9.17, 15) is 4.79 Å². The molecule has 0 aliphatic heterocycles. The van der Waals surface area contributed by atoms with Gasteiger partial charge in [0.05, 0.1) is 5.56 Å². The zero-order chi connectivity index (χ0) is 15.1. The topological polar surface area (TPSA) is 53.4 Å². The standard InChI is InChI=1S/C7H11N2S.C7H6O2.Li/c1-6(9(2)3)7-8-4-5-10-7;8-7(9)6-4-2-1-3-5-6;/h4,6H,1-3H3;1-5H,(H,8,9);. The number of aromatic nitrogens is 1. The summed E-state index contributed by atoms with van der Waals surface area (Å²) in [5.74, 6) is -0.879. The molecule has 102 valence electrons. The van der Waals surface area contributed by atoms with Crippen LogP contribution in [0.15, 0.2) is 36.5 Å². The van der Waals surface area contributed by atoms with Crippen LogP contribution in [-0.2, 0) is 0 Å². The van der Waals surface area contributed by atoms with Crippen LogP contribution >= 0.6 is 11.3 Å². The van der Waals surface area contributed by atoms with Crippen LogP contribution in [0.2, 0.25) is 0 Å². The molecule has 0 saturated carbocycles. The number of aromatic carboxylic acids is 1. The summed E-state index contributed by atoms with van der Waals surface area (Å²) >= 11 is 3.86. The second kappa shape index (κ2) is 8.23. The van der Waals surface area contributed by atoms with E-state index in [1.807, 2.05) is 6.20 Å². The normalized spacial score (nSPS) is 11.7. The van der Waals surface area contributed by atoms with Crippen LogP contribution in [0.1, 0.15) is 28.3 Å². The number of nitrogens with zero attached hydrogens (tertiary/aromatic N) is 2. The van der Waals surface area contributed by atoms with Gasteiger partial charge in [-0.05, 0) is 12.1 Å². The molecule has 1 aromatic carbocycles. The molecule has 0 bridgehead atoms. The second-order valence-electron chi connectivity index (χ2n) is 4.62. The third-order valence-electron chi connectivity index (χ3n) is 2.79. The molecule has 1 N–H and O–H groups in total. The molecule has 1 heterocycles. The third-order valence-corrected chi connectivity index (χ3v) is 3.87. The molecule has 0 spiro atoms. The van der Waals surface area contributed by atoms with Gasteiger partial charge in [-0.1, -0.05) is 18.2 Å². The third kappa shape index (κ3) is 5.47. The predicted molar refractivity (Wildman–Crippen MR) is 83.0 cm³/mol. The maximum absolute atomic E-state index is 10.2. The first-order valence-electron chi connectivity index (χ1n) is 6.29. The molecular formula is C14H17LiN2O2S. The SMILES string of the molecule is O=C(O)c1ccccc1.[Li][c]1cnc(C(C)N(C)C)s1. The average molecular weight is 284 g/mol.